The molecule has 0 N–H and O–H groups in total. The van der Waals surface area contributed by atoms with Crippen molar-refractivity contribution in [3.05, 3.63) is 12.1 Å². The van der Waals surface area contributed by atoms with Crippen molar-refractivity contribution in [1.29, 1.82) is 0 Å². The van der Waals surface area contributed by atoms with E-state index in [0.717, 1.165) is 11.7 Å². The molecule has 1 fully saturated rings. The first kappa shape index (κ1) is 12.3. The summed E-state index contributed by atoms with van der Waals surface area (Å²) in [5.74, 6) is 1.72. The smallest absolute Gasteiger partial charge is 0.200 e. The van der Waals surface area contributed by atoms with Gasteiger partial charge in [0.05, 0.1) is 0 Å². The third-order valence-electron chi connectivity index (χ3n) is 4.31. The van der Waals surface area contributed by atoms with Crippen molar-refractivity contribution < 1.29 is 0 Å². The van der Waals surface area contributed by atoms with Crippen molar-refractivity contribution >= 4 is 11.5 Å². The number of nitrogens with zero attached hydrogens (tertiary/aromatic N) is 6. The molecule has 0 spiro atoms. The van der Waals surface area contributed by atoms with Crippen molar-refractivity contribution in [3.63, 3.8) is 0 Å². The minimum atomic E-state index is 0.584. The highest BCUT2D eigenvalue weighted by Gasteiger charge is 2.27. The van der Waals surface area contributed by atoms with E-state index in [0.29, 0.717) is 11.7 Å². The fourth-order valence-corrected chi connectivity index (χ4v) is 3.17. The Labute approximate surface area is 112 Å². The molecule has 6 heteroatoms. The molecule has 0 saturated heterocycles. The Kier molecular flexibility index (Phi) is 3.31. The summed E-state index contributed by atoms with van der Waals surface area (Å²) in [5, 5.41) is 15.9. The molecule has 0 aliphatic heterocycles. The van der Waals surface area contributed by atoms with Gasteiger partial charge in [-0.2, -0.15) is 0 Å². The van der Waals surface area contributed by atoms with Crippen LogP contribution in [0.15, 0.2) is 12.1 Å². The second kappa shape index (κ2) is 5.11. The molecule has 19 heavy (non-hydrogen) atoms. The summed E-state index contributed by atoms with van der Waals surface area (Å²) in [6.45, 7) is 2.29. The zero-order chi connectivity index (χ0) is 13.2. The van der Waals surface area contributed by atoms with Crippen LogP contribution in [0.5, 0.6) is 0 Å². The molecule has 1 aliphatic rings. The Morgan fingerprint density at radius 1 is 1.32 bits per heavy atom. The van der Waals surface area contributed by atoms with E-state index in [9.17, 15) is 0 Å². The number of tetrazole rings is 1. The summed E-state index contributed by atoms with van der Waals surface area (Å²) in [4.78, 5) is 2.30. The molecule has 0 aromatic carbocycles. The molecule has 102 valence electrons. The second-order valence-electron chi connectivity index (χ2n) is 5.35. The molecule has 2 aromatic rings. The topological polar surface area (TPSA) is 59.2 Å². The van der Waals surface area contributed by atoms with Gasteiger partial charge in [-0.3, -0.25) is 0 Å². The summed E-state index contributed by atoms with van der Waals surface area (Å²) >= 11 is 0. The number of hydrogen-bond donors (Lipinski definition) is 0. The van der Waals surface area contributed by atoms with Gasteiger partial charge in [0.2, 0.25) is 0 Å². The summed E-state index contributed by atoms with van der Waals surface area (Å²) < 4.78 is 1.50. The van der Waals surface area contributed by atoms with Gasteiger partial charge in [0.1, 0.15) is 0 Å². The first-order valence-corrected chi connectivity index (χ1v) is 7.08. The second-order valence-corrected chi connectivity index (χ2v) is 5.35. The van der Waals surface area contributed by atoms with E-state index in [4.69, 9.17) is 0 Å². The lowest BCUT2D eigenvalue weighted by Gasteiger charge is -2.38. The largest absolute Gasteiger partial charge is 0.355 e. The van der Waals surface area contributed by atoms with Crippen LogP contribution in [0.25, 0.3) is 5.65 Å². The lowest BCUT2D eigenvalue weighted by atomic mass is 9.82. The Balaban J connectivity index is 1.86. The summed E-state index contributed by atoms with van der Waals surface area (Å²) in [6.07, 6.45) is 6.51. The molecule has 2 heterocycles. The molecular weight excluding hydrogens is 240 g/mol. The lowest BCUT2D eigenvalue weighted by Crippen LogP contribution is -2.40. The van der Waals surface area contributed by atoms with E-state index >= 15 is 0 Å². The van der Waals surface area contributed by atoms with Crippen molar-refractivity contribution in [2.45, 2.75) is 45.1 Å². The van der Waals surface area contributed by atoms with Crippen LogP contribution in [0.3, 0.4) is 0 Å². The van der Waals surface area contributed by atoms with Crippen molar-refractivity contribution in [1.82, 2.24) is 25.3 Å². The molecule has 2 atom stereocenters. The third kappa shape index (κ3) is 2.27. The van der Waals surface area contributed by atoms with Gasteiger partial charge in [-0.05, 0) is 41.3 Å². The maximum absolute atomic E-state index is 4.49. The zero-order valence-corrected chi connectivity index (χ0v) is 11.5. The quantitative estimate of drug-likeness (QED) is 0.844. The first-order valence-electron chi connectivity index (χ1n) is 7.08. The van der Waals surface area contributed by atoms with Crippen molar-refractivity contribution in [3.8, 4) is 0 Å². The van der Waals surface area contributed by atoms with Gasteiger partial charge < -0.3 is 4.90 Å². The molecule has 1 saturated carbocycles. The number of rotatable bonds is 3. The standard InChI is InChI=1S/C13H20N6/c1-3-10-6-4-5-7-11(10)18(2)13-9-8-12-14-16-17-19(12)15-13/h8-11H,3-7H2,1-2H3/t10-,11+/m0/s1. The van der Waals surface area contributed by atoms with E-state index in [1.165, 1.54) is 36.7 Å². The monoisotopic (exact) mass is 260 g/mol. The number of anilines is 1. The minimum absolute atomic E-state index is 0.584. The Hall–Kier alpha value is -1.72. The summed E-state index contributed by atoms with van der Waals surface area (Å²) in [7, 11) is 2.14. The molecule has 0 unspecified atom stereocenters. The first-order chi connectivity index (χ1) is 9.29. The maximum atomic E-state index is 4.49. The SMILES string of the molecule is CC[C@H]1CCCC[C@H]1N(C)c1ccc2nnnn2n1. The molecule has 0 amide bonds. The van der Waals surface area contributed by atoms with E-state index < -0.39 is 0 Å². The zero-order valence-electron chi connectivity index (χ0n) is 11.5. The Morgan fingerprint density at radius 3 is 3.00 bits per heavy atom. The van der Waals surface area contributed by atoms with Crippen LogP contribution in [0.1, 0.15) is 39.0 Å². The van der Waals surface area contributed by atoms with Crippen LogP contribution in [0.4, 0.5) is 5.82 Å². The predicted octanol–water partition coefficient (Wildman–Crippen LogP) is 1.92. The van der Waals surface area contributed by atoms with Crippen LogP contribution in [-0.4, -0.2) is 38.3 Å². The van der Waals surface area contributed by atoms with E-state index in [2.05, 4.69) is 39.5 Å². The number of fused-ring (bicyclic) bond motifs is 1. The Morgan fingerprint density at radius 2 is 2.16 bits per heavy atom. The molecular formula is C13H20N6. The molecule has 6 nitrogen and oxygen atoms in total. The van der Waals surface area contributed by atoms with E-state index in [-0.39, 0.29) is 0 Å². The minimum Gasteiger partial charge on any atom is -0.355 e. The highest BCUT2D eigenvalue weighted by molar-refractivity contribution is 5.44. The van der Waals surface area contributed by atoms with Crippen molar-refractivity contribution in [2.75, 3.05) is 11.9 Å². The fourth-order valence-electron chi connectivity index (χ4n) is 3.17. The van der Waals surface area contributed by atoms with Crippen molar-refractivity contribution in [2.24, 2.45) is 5.92 Å². The average molecular weight is 260 g/mol. The van der Waals surface area contributed by atoms with E-state index in [1.807, 2.05) is 12.1 Å². The summed E-state index contributed by atoms with van der Waals surface area (Å²) in [5.41, 5.74) is 0.688. The fraction of sp³-hybridized carbons (Fsp3) is 0.692. The van der Waals surface area contributed by atoms with Crippen LogP contribution < -0.4 is 4.90 Å². The van der Waals surface area contributed by atoms with E-state index in [1.54, 1.807) is 0 Å². The molecule has 3 rings (SSSR count). The van der Waals surface area contributed by atoms with Crippen LogP contribution in [0.2, 0.25) is 0 Å². The van der Waals surface area contributed by atoms with Gasteiger partial charge >= 0.3 is 0 Å². The van der Waals surface area contributed by atoms with Gasteiger partial charge in [-0.25, -0.2) is 0 Å². The van der Waals surface area contributed by atoms with Crippen LogP contribution in [-0.2, 0) is 0 Å². The van der Waals surface area contributed by atoms with Gasteiger partial charge in [-0.15, -0.1) is 14.8 Å². The molecule has 0 radical (unpaired) electrons. The maximum Gasteiger partial charge on any atom is 0.200 e. The van der Waals surface area contributed by atoms with Gasteiger partial charge in [0.15, 0.2) is 11.5 Å². The normalized spacial score (nSPS) is 23.7. The van der Waals surface area contributed by atoms with Crippen LogP contribution >= 0.6 is 0 Å². The van der Waals surface area contributed by atoms with Gasteiger partial charge in [-0.1, -0.05) is 26.2 Å². The number of hydrogen-bond acceptors (Lipinski definition) is 5. The average Bonchev–Trinajstić information content (AvgIpc) is 2.93. The van der Waals surface area contributed by atoms with Gasteiger partial charge in [0.25, 0.3) is 0 Å². The highest BCUT2D eigenvalue weighted by Crippen LogP contribution is 2.31. The molecule has 1 aliphatic carbocycles. The Bertz CT molecular complexity index is 551. The highest BCUT2D eigenvalue weighted by atomic mass is 15.6. The molecule has 0 bridgehead atoms. The van der Waals surface area contributed by atoms with Gasteiger partial charge in [0, 0.05) is 13.1 Å². The predicted molar refractivity (Wildman–Crippen MR) is 73.0 cm³/mol. The third-order valence-corrected chi connectivity index (χ3v) is 4.31. The number of aromatic nitrogens is 5. The van der Waals surface area contributed by atoms with Crippen LogP contribution in [0, 0.1) is 5.92 Å². The molecule has 2 aromatic heterocycles. The lowest BCUT2D eigenvalue weighted by molar-refractivity contribution is 0.291. The summed E-state index contributed by atoms with van der Waals surface area (Å²) in [6, 6.07) is 4.51.